The van der Waals surface area contributed by atoms with Gasteiger partial charge in [0.15, 0.2) is 11.4 Å². The molecular weight excluding hydrogens is 260 g/mol. The number of esters is 1. The number of carbonyl (C=O) groups excluding carboxylic acids is 2. The molecule has 0 aromatic heterocycles. The number of ether oxygens (including phenoxy) is 2. The average Bonchev–Trinajstić information content (AvgIpc) is 2.73. The standard InChI is InChI=1S/C15H18O5/c1-6-4-9(17)15-11(6)12-10(7(2)13(18)19-12)8(16)5-14(15,3)20-15/h4,7-8,10-12,16H,5H2,1-3H3. The van der Waals surface area contributed by atoms with Crippen molar-refractivity contribution in [3.8, 4) is 0 Å². The molecule has 4 aliphatic rings. The number of aliphatic hydroxyl groups excluding tert-OH is 1. The predicted molar refractivity (Wildman–Crippen MR) is 67.6 cm³/mol. The number of carbonyl (C=O) groups is 2. The zero-order valence-electron chi connectivity index (χ0n) is 11.8. The summed E-state index contributed by atoms with van der Waals surface area (Å²) in [6, 6.07) is 0. The van der Waals surface area contributed by atoms with E-state index < -0.39 is 23.4 Å². The van der Waals surface area contributed by atoms with Crippen molar-refractivity contribution in [2.75, 3.05) is 0 Å². The highest BCUT2D eigenvalue weighted by atomic mass is 16.6. The summed E-state index contributed by atoms with van der Waals surface area (Å²) in [5.41, 5.74) is -0.662. The summed E-state index contributed by atoms with van der Waals surface area (Å²) >= 11 is 0. The largest absolute Gasteiger partial charge is 0.461 e. The predicted octanol–water partition coefficient (Wildman–Crippen LogP) is 0.602. The molecule has 0 bridgehead atoms. The van der Waals surface area contributed by atoms with E-state index in [0.717, 1.165) is 5.57 Å². The Hall–Kier alpha value is -1.20. The molecule has 1 spiro atoms. The summed E-state index contributed by atoms with van der Waals surface area (Å²) in [7, 11) is 0. The van der Waals surface area contributed by atoms with Gasteiger partial charge in [0.05, 0.1) is 17.9 Å². The molecule has 5 nitrogen and oxygen atoms in total. The topological polar surface area (TPSA) is 76.1 Å². The van der Waals surface area contributed by atoms with E-state index in [9.17, 15) is 14.7 Å². The first kappa shape index (κ1) is 12.5. The molecule has 4 rings (SSSR count). The molecule has 2 heterocycles. The average molecular weight is 278 g/mol. The zero-order chi connectivity index (χ0) is 14.4. The van der Waals surface area contributed by atoms with Gasteiger partial charge in [0.2, 0.25) is 0 Å². The molecule has 7 atom stereocenters. The summed E-state index contributed by atoms with van der Waals surface area (Å²) < 4.78 is 11.4. The number of epoxide rings is 1. The third kappa shape index (κ3) is 1.13. The highest BCUT2D eigenvalue weighted by Crippen LogP contribution is 2.65. The molecule has 0 amide bonds. The molecule has 108 valence electrons. The number of aliphatic hydroxyl groups is 1. The van der Waals surface area contributed by atoms with Crippen molar-refractivity contribution in [2.24, 2.45) is 17.8 Å². The molecule has 0 aromatic rings. The van der Waals surface area contributed by atoms with Crippen LogP contribution in [0.15, 0.2) is 11.6 Å². The van der Waals surface area contributed by atoms with Crippen LogP contribution in [0.2, 0.25) is 0 Å². The van der Waals surface area contributed by atoms with Gasteiger partial charge in [0.25, 0.3) is 0 Å². The Bertz CT molecular complexity index is 567. The quantitative estimate of drug-likeness (QED) is 0.519. The minimum absolute atomic E-state index is 0.0500. The van der Waals surface area contributed by atoms with Crippen molar-refractivity contribution >= 4 is 11.8 Å². The van der Waals surface area contributed by atoms with E-state index >= 15 is 0 Å². The van der Waals surface area contributed by atoms with Gasteiger partial charge in [-0.15, -0.1) is 0 Å². The molecular formula is C15H18O5. The van der Waals surface area contributed by atoms with Crippen LogP contribution < -0.4 is 0 Å². The first-order valence-electron chi connectivity index (χ1n) is 7.13. The molecule has 7 unspecified atom stereocenters. The van der Waals surface area contributed by atoms with Gasteiger partial charge in [0.1, 0.15) is 11.7 Å². The normalized spacial score (nSPS) is 56.4. The van der Waals surface area contributed by atoms with E-state index in [1.807, 2.05) is 13.8 Å². The van der Waals surface area contributed by atoms with Gasteiger partial charge in [-0.3, -0.25) is 9.59 Å². The van der Waals surface area contributed by atoms with Crippen molar-refractivity contribution in [1.29, 1.82) is 0 Å². The Morgan fingerprint density at radius 3 is 2.80 bits per heavy atom. The van der Waals surface area contributed by atoms with Crippen molar-refractivity contribution in [3.05, 3.63) is 11.6 Å². The van der Waals surface area contributed by atoms with Crippen LogP contribution in [0, 0.1) is 17.8 Å². The number of fused-ring (bicyclic) bond motifs is 2. The van der Waals surface area contributed by atoms with Crippen LogP contribution in [-0.4, -0.2) is 40.3 Å². The molecule has 1 N–H and O–H groups in total. The van der Waals surface area contributed by atoms with Crippen LogP contribution in [0.1, 0.15) is 27.2 Å². The lowest BCUT2D eigenvalue weighted by Crippen LogP contribution is -2.42. The van der Waals surface area contributed by atoms with Gasteiger partial charge in [-0.2, -0.15) is 0 Å². The lowest BCUT2D eigenvalue weighted by molar-refractivity contribution is -0.146. The van der Waals surface area contributed by atoms with Gasteiger partial charge in [-0.25, -0.2) is 0 Å². The lowest BCUT2D eigenvalue weighted by Gasteiger charge is -2.28. The Labute approximate surface area is 116 Å². The van der Waals surface area contributed by atoms with Gasteiger partial charge in [-0.05, 0) is 19.9 Å². The van der Waals surface area contributed by atoms with Crippen LogP contribution in [0.3, 0.4) is 0 Å². The smallest absolute Gasteiger partial charge is 0.309 e. The Morgan fingerprint density at radius 2 is 2.10 bits per heavy atom. The van der Waals surface area contributed by atoms with Gasteiger partial charge in [-0.1, -0.05) is 12.5 Å². The Balaban J connectivity index is 1.86. The second-order valence-electron chi connectivity index (χ2n) is 6.84. The lowest BCUT2D eigenvalue weighted by atomic mass is 9.77. The van der Waals surface area contributed by atoms with Crippen molar-refractivity contribution in [3.63, 3.8) is 0 Å². The van der Waals surface area contributed by atoms with E-state index in [1.165, 1.54) is 0 Å². The number of hydrogen-bond acceptors (Lipinski definition) is 5. The van der Waals surface area contributed by atoms with Gasteiger partial charge < -0.3 is 14.6 Å². The fourth-order valence-electron chi connectivity index (χ4n) is 4.73. The van der Waals surface area contributed by atoms with Crippen LogP contribution in [0.4, 0.5) is 0 Å². The SMILES string of the molecule is CC1=CC(=O)C23OC2(C)CC(O)C2C(C)C(=O)OC2C13. The van der Waals surface area contributed by atoms with E-state index in [1.54, 1.807) is 13.0 Å². The maximum absolute atomic E-state index is 12.4. The van der Waals surface area contributed by atoms with Crippen molar-refractivity contribution in [2.45, 2.75) is 50.6 Å². The van der Waals surface area contributed by atoms with Crippen molar-refractivity contribution < 1.29 is 24.2 Å². The summed E-state index contributed by atoms with van der Waals surface area (Å²) in [5.74, 6) is -1.18. The monoisotopic (exact) mass is 278 g/mol. The van der Waals surface area contributed by atoms with Crippen LogP contribution in [0.25, 0.3) is 0 Å². The molecule has 3 fully saturated rings. The number of hydrogen-bond donors (Lipinski definition) is 1. The highest BCUT2D eigenvalue weighted by molar-refractivity contribution is 6.05. The number of ketones is 1. The molecule has 1 saturated carbocycles. The third-order valence-electron chi connectivity index (χ3n) is 5.74. The zero-order valence-corrected chi connectivity index (χ0v) is 11.8. The minimum atomic E-state index is -0.915. The highest BCUT2D eigenvalue weighted by Gasteiger charge is 2.81. The molecule has 0 aromatic carbocycles. The summed E-state index contributed by atoms with van der Waals surface area (Å²) in [6.45, 7) is 5.55. The molecule has 2 aliphatic heterocycles. The van der Waals surface area contributed by atoms with Crippen molar-refractivity contribution in [1.82, 2.24) is 0 Å². The van der Waals surface area contributed by atoms with E-state index in [2.05, 4.69) is 0 Å². The Kier molecular flexibility index (Phi) is 2.09. The molecule has 5 heteroatoms. The summed E-state index contributed by atoms with van der Waals surface area (Å²) in [6.07, 6.45) is 0.844. The van der Waals surface area contributed by atoms with E-state index in [-0.39, 0.29) is 29.5 Å². The first-order valence-corrected chi connectivity index (χ1v) is 7.13. The fourth-order valence-corrected chi connectivity index (χ4v) is 4.73. The number of rotatable bonds is 0. The maximum Gasteiger partial charge on any atom is 0.309 e. The first-order chi connectivity index (χ1) is 9.32. The molecule has 2 saturated heterocycles. The summed E-state index contributed by atoms with van der Waals surface area (Å²) in [4.78, 5) is 24.3. The fraction of sp³-hybridized carbons (Fsp3) is 0.733. The van der Waals surface area contributed by atoms with Gasteiger partial charge >= 0.3 is 5.97 Å². The molecule has 20 heavy (non-hydrogen) atoms. The van der Waals surface area contributed by atoms with Gasteiger partial charge in [0, 0.05) is 12.3 Å². The van der Waals surface area contributed by atoms with E-state index in [0.29, 0.717) is 6.42 Å². The second kappa shape index (κ2) is 3.34. The minimum Gasteiger partial charge on any atom is -0.461 e. The molecule has 2 aliphatic carbocycles. The van der Waals surface area contributed by atoms with Crippen LogP contribution >= 0.6 is 0 Å². The second-order valence-corrected chi connectivity index (χ2v) is 6.84. The van der Waals surface area contributed by atoms with E-state index in [4.69, 9.17) is 9.47 Å². The van der Waals surface area contributed by atoms with Crippen LogP contribution in [-0.2, 0) is 19.1 Å². The summed E-state index contributed by atoms with van der Waals surface area (Å²) in [5, 5.41) is 10.5. The Morgan fingerprint density at radius 1 is 1.40 bits per heavy atom. The maximum atomic E-state index is 12.4. The molecule has 0 radical (unpaired) electrons. The van der Waals surface area contributed by atoms with Crippen LogP contribution in [0.5, 0.6) is 0 Å². The third-order valence-corrected chi connectivity index (χ3v) is 5.74.